The summed E-state index contributed by atoms with van der Waals surface area (Å²) >= 11 is 1.60. The maximum Gasteiger partial charge on any atom is 0.234 e. The molecule has 0 unspecified atom stereocenters. The summed E-state index contributed by atoms with van der Waals surface area (Å²) in [6.45, 7) is 6.24. The van der Waals surface area contributed by atoms with Crippen molar-refractivity contribution in [2.75, 3.05) is 23.9 Å². The number of nitrogens with one attached hydrogen (secondary N) is 1. The molecule has 0 atom stereocenters. The van der Waals surface area contributed by atoms with E-state index in [2.05, 4.69) is 26.1 Å². The van der Waals surface area contributed by atoms with Crippen LogP contribution in [0, 0.1) is 0 Å². The van der Waals surface area contributed by atoms with Gasteiger partial charge in [0.1, 0.15) is 5.75 Å². The van der Waals surface area contributed by atoms with Crippen LogP contribution in [-0.2, 0) is 4.79 Å². The van der Waals surface area contributed by atoms with Crippen LogP contribution in [0.1, 0.15) is 20.8 Å². The average molecular weight is 305 g/mol. The van der Waals surface area contributed by atoms with E-state index in [1.165, 1.54) is 0 Å². The minimum Gasteiger partial charge on any atom is -0.495 e. The number of anilines is 2. The zero-order valence-corrected chi connectivity index (χ0v) is 13.3. The van der Waals surface area contributed by atoms with Gasteiger partial charge in [0.05, 0.1) is 18.6 Å². The summed E-state index contributed by atoms with van der Waals surface area (Å²) in [7, 11) is 1.56. The number of benzene rings is 1. The van der Waals surface area contributed by atoms with Crippen molar-refractivity contribution in [2.45, 2.75) is 25.5 Å². The summed E-state index contributed by atoms with van der Waals surface area (Å²) in [6, 6.07) is 5.20. The second kappa shape index (κ2) is 7.50. The van der Waals surface area contributed by atoms with Crippen molar-refractivity contribution in [2.24, 2.45) is 0 Å². The lowest BCUT2D eigenvalue weighted by molar-refractivity contribution is -0.113. The standard InChI is InChI=1S/C13H20N2O2S.ClH/c1-13(2,3)18-8-12(16)15-9-5-6-11(17-4)10(14)7-9;/h5-7H,8,14H2,1-4H3,(H,15,16);1H. The van der Waals surface area contributed by atoms with Crippen LogP contribution >= 0.6 is 24.2 Å². The highest BCUT2D eigenvalue weighted by atomic mass is 35.5. The van der Waals surface area contributed by atoms with Crippen molar-refractivity contribution in [1.82, 2.24) is 0 Å². The number of rotatable bonds is 4. The third-order valence-electron chi connectivity index (χ3n) is 2.15. The Morgan fingerprint density at radius 2 is 2.05 bits per heavy atom. The first-order valence-corrected chi connectivity index (χ1v) is 6.68. The molecule has 0 radical (unpaired) electrons. The molecule has 1 aromatic carbocycles. The van der Waals surface area contributed by atoms with Crippen LogP contribution in [0.4, 0.5) is 11.4 Å². The van der Waals surface area contributed by atoms with E-state index >= 15 is 0 Å². The number of halogens is 1. The highest BCUT2D eigenvalue weighted by Gasteiger charge is 2.13. The third-order valence-corrected chi connectivity index (χ3v) is 3.42. The fourth-order valence-electron chi connectivity index (χ4n) is 1.29. The molecule has 0 saturated heterocycles. The minimum atomic E-state index is -0.0282. The maximum absolute atomic E-state index is 11.7. The number of carbonyl (C=O) groups excluding carboxylic acids is 1. The molecular formula is C13H21ClN2O2S. The molecule has 108 valence electrons. The van der Waals surface area contributed by atoms with Gasteiger partial charge in [-0.1, -0.05) is 20.8 Å². The normalized spacial score (nSPS) is 10.5. The summed E-state index contributed by atoms with van der Waals surface area (Å²) in [5.74, 6) is 1.01. The van der Waals surface area contributed by atoms with Crippen molar-refractivity contribution in [1.29, 1.82) is 0 Å². The van der Waals surface area contributed by atoms with Crippen LogP contribution in [0.15, 0.2) is 18.2 Å². The molecule has 1 aromatic rings. The molecule has 0 bridgehead atoms. The Kier molecular flexibility index (Phi) is 7.08. The first-order valence-electron chi connectivity index (χ1n) is 5.69. The number of carbonyl (C=O) groups is 1. The molecule has 19 heavy (non-hydrogen) atoms. The SMILES string of the molecule is COc1ccc(NC(=O)CSC(C)(C)C)cc1N.Cl. The number of hydrogen-bond donors (Lipinski definition) is 2. The summed E-state index contributed by atoms with van der Waals surface area (Å²) in [4.78, 5) is 11.7. The van der Waals surface area contributed by atoms with Crippen molar-refractivity contribution in [3.63, 3.8) is 0 Å². The lowest BCUT2D eigenvalue weighted by atomic mass is 10.2. The zero-order valence-electron chi connectivity index (χ0n) is 11.6. The summed E-state index contributed by atoms with van der Waals surface area (Å²) in [5.41, 5.74) is 6.97. The molecule has 0 aliphatic rings. The molecular weight excluding hydrogens is 284 g/mol. The van der Waals surface area contributed by atoms with E-state index in [1.54, 1.807) is 37.1 Å². The van der Waals surface area contributed by atoms with Gasteiger partial charge in [0.2, 0.25) is 5.91 Å². The fraction of sp³-hybridized carbons (Fsp3) is 0.462. The summed E-state index contributed by atoms with van der Waals surface area (Å²) in [5, 5.41) is 2.81. The van der Waals surface area contributed by atoms with Gasteiger partial charge in [-0.25, -0.2) is 0 Å². The Balaban J connectivity index is 0.00000324. The Labute approximate surface area is 124 Å². The van der Waals surface area contributed by atoms with Crippen LogP contribution in [0.5, 0.6) is 5.75 Å². The van der Waals surface area contributed by atoms with Gasteiger partial charge in [0, 0.05) is 10.4 Å². The summed E-state index contributed by atoms with van der Waals surface area (Å²) < 4.78 is 5.13. The maximum atomic E-state index is 11.7. The number of hydrogen-bond acceptors (Lipinski definition) is 4. The van der Waals surface area contributed by atoms with E-state index in [0.717, 1.165) is 0 Å². The molecule has 6 heteroatoms. The van der Waals surface area contributed by atoms with E-state index in [1.807, 2.05) is 0 Å². The highest BCUT2D eigenvalue weighted by Crippen LogP contribution is 2.26. The number of nitrogens with two attached hydrogens (primary N) is 1. The Hall–Kier alpha value is -1.07. The second-order valence-corrected chi connectivity index (χ2v) is 6.71. The third kappa shape index (κ3) is 6.59. The molecule has 1 amide bonds. The number of amides is 1. The van der Waals surface area contributed by atoms with E-state index in [4.69, 9.17) is 10.5 Å². The van der Waals surface area contributed by atoms with Gasteiger partial charge in [-0.2, -0.15) is 0 Å². The van der Waals surface area contributed by atoms with Gasteiger partial charge in [-0.05, 0) is 18.2 Å². The predicted octanol–water partition coefficient (Wildman–Crippen LogP) is 3.17. The second-order valence-electron chi connectivity index (χ2n) is 4.91. The van der Waals surface area contributed by atoms with Gasteiger partial charge in [-0.3, -0.25) is 4.79 Å². The fourth-order valence-corrected chi connectivity index (χ4v) is 1.93. The number of methoxy groups -OCH3 is 1. The zero-order chi connectivity index (χ0) is 13.8. The smallest absolute Gasteiger partial charge is 0.234 e. The molecule has 0 aliphatic carbocycles. The van der Waals surface area contributed by atoms with Crippen LogP contribution in [-0.4, -0.2) is 23.5 Å². The molecule has 1 rings (SSSR count). The van der Waals surface area contributed by atoms with E-state index < -0.39 is 0 Å². The Morgan fingerprint density at radius 3 is 2.53 bits per heavy atom. The van der Waals surface area contributed by atoms with Gasteiger partial charge in [0.15, 0.2) is 0 Å². The quantitative estimate of drug-likeness (QED) is 0.839. The van der Waals surface area contributed by atoms with Crippen LogP contribution < -0.4 is 15.8 Å². The van der Waals surface area contributed by atoms with Gasteiger partial charge in [-0.15, -0.1) is 24.2 Å². The average Bonchev–Trinajstić information content (AvgIpc) is 2.26. The summed E-state index contributed by atoms with van der Waals surface area (Å²) in [6.07, 6.45) is 0. The highest BCUT2D eigenvalue weighted by molar-refractivity contribution is 8.01. The van der Waals surface area contributed by atoms with E-state index in [-0.39, 0.29) is 23.1 Å². The van der Waals surface area contributed by atoms with Crippen molar-refractivity contribution in [3.05, 3.63) is 18.2 Å². The lowest BCUT2D eigenvalue weighted by Crippen LogP contribution is -2.19. The first-order chi connectivity index (χ1) is 8.31. The molecule has 0 heterocycles. The Bertz CT molecular complexity index is 433. The van der Waals surface area contributed by atoms with Crippen molar-refractivity contribution in [3.8, 4) is 5.75 Å². The van der Waals surface area contributed by atoms with E-state index in [9.17, 15) is 4.79 Å². The van der Waals surface area contributed by atoms with Crippen LogP contribution in [0.3, 0.4) is 0 Å². The van der Waals surface area contributed by atoms with E-state index in [0.29, 0.717) is 22.9 Å². The van der Waals surface area contributed by atoms with Crippen LogP contribution in [0.25, 0.3) is 0 Å². The molecule has 0 fully saturated rings. The Morgan fingerprint density at radius 1 is 1.42 bits per heavy atom. The molecule has 0 saturated carbocycles. The van der Waals surface area contributed by atoms with Gasteiger partial charge < -0.3 is 15.8 Å². The predicted molar refractivity (Wildman–Crippen MR) is 85.5 cm³/mol. The lowest BCUT2D eigenvalue weighted by Gasteiger charge is -2.17. The van der Waals surface area contributed by atoms with Crippen molar-refractivity contribution < 1.29 is 9.53 Å². The topological polar surface area (TPSA) is 64.3 Å². The monoisotopic (exact) mass is 304 g/mol. The number of nitrogen functional groups attached to an aromatic ring is 1. The molecule has 0 aromatic heterocycles. The largest absolute Gasteiger partial charge is 0.495 e. The van der Waals surface area contributed by atoms with Crippen LogP contribution in [0.2, 0.25) is 0 Å². The molecule has 4 nitrogen and oxygen atoms in total. The number of ether oxygens (including phenoxy) is 1. The molecule has 0 aliphatic heterocycles. The van der Waals surface area contributed by atoms with Gasteiger partial charge in [0.25, 0.3) is 0 Å². The minimum absolute atomic E-state index is 0. The molecule has 0 spiro atoms. The van der Waals surface area contributed by atoms with Crippen molar-refractivity contribution >= 4 is 41.5 Å². The number of thioether (sulfide) groups is 1. The first kappa shape index (κ1) is 17.9. The van der Waals surface area contributed by atoms with Gasteiger partial charge >= 0.3 is 0 Å². The molecule has 3 N–H and O–H groups in total.